The van der Waals surface area contributed by atoms with E-state index in [4.69, 9.17) is 0 Å². The van der Waals surface area contributed by atoms with Crippen LogP contribution in [0.3, 0.4) is 0 Å². The molecule has 1 N–H and O–H groups in total. The van der Waals surface area contributed by atoms with Crippen LogP contribution in [0.15, 0.2) is 77.6 Å². The summed E-state index contributed by atoms with van der Waals surface area (Å²) in [5, 5.41) is 3.12. The normalized spacial score (nSPS) is 10.9. The van der Waals surface area contributed by atoms with Gasteiger partial charge in [0.2, 0.25) is 0 Å². The van der Waals surface area contributed by atoms with Crippen LogP contribution in [0.1, 0.15) is 52.2 Å². The van der Waals surface area contributed by atoms with Crippen molar-refractivity contribution in [1.82, 2.24) is 4.57 Å². The summed E-state index contributed by atoms with van der Waals surface area (Å²) < 4.78 is 2.03. The second-order valence-corrected chi connectivity index (χ2v) is 8.97. The molecule has 0 spiro atoms. The first-order valence-corrected chi connectivity index (χ1v) is 12.2. The van der Waals surface area contributed by atoms with Crippen molar-refractivity contribution in [3.63, 3.8) is 0 Å². The second-order valence-electron chi connectivity index (χ2n) is 8.97. The third-order valence-corrected chi connectivity index (χ3v) is 6.55. The Bertz CT molecular complexity index is 1420. The number of hydrogen-bond acceptors (Lipinski definition) is 2. The first-order chi connectivity index (χ1) is 16.8. The van der Waals surface area contributed by atoms with Gasteiger partial charge < -0.3 is 9.88 Å². The molecular formula is C31H32N2O2. The Kier molecular flexibility index (Phi) is 7.02. The molecular weight excluding hydrogens is 432 g/mol. The molecule has 1 amide bonds. The summed E-state index contributed by atoms with van der Waals surface area (Å²) in [7, 11) is 0. The van der Waals surface area contributed by atoms with Crippen molar-refractivity contribution in [2.24, 2.45) is 0 Å². The van der Waals surface area contributed by atoms with Crippen molar-refractivity contribution in [2.75, 3.05) is 5.32 Å². The smallest absolute Gasteiger partial charge is 0.261 e. The van der Waals surface area contributed by atoms with Gasteiger partial charge in [0.15, 0.2) is 5.43 Å². The molecule has 0 saturated heterocycles. The third kappa shape index (κ3) is 4.69. The average molecular weight is 465 g/mol. The van der Waals surface area contributed by atoms with E-state index in [2.05, 4.69) is 19.2 Å². The second kappa shape index (κ2) is 10.1. The van der Waals surface area contributed by atoms with Crippen molar-refractivity contribution in [1.29, 1.82) is 0 Å². The Morgan fingerprint density at radius 1 is 0.829 bits per heavy atom. The van der Waals surface area contributed by atoms with Crippen molar-refractivity contribution in [3.05, 3.63) is 117 Å². The molecule has 0 aliphatic heterocycles. The Morgan fingerprint density at radius 3 is 2.06 bits per heavy atom. The van der Waals surface area contributed by atoms with E-state index in [1.165, 1.54) is 0 Å². The summed E-state index contributed by atoms with van der Waals surface area (Å²) in [5.41, 5.74) is 8.10. The number of hydrogen-bond donors (Lipinski definition) is 1. The van der Waals surface area contributed by atoms with E-state index in [1.807, 2.05) is 92.1 Å². The molecule has 35 heavy (non-hydrogen) atoms. The van der Waals surface area contributed by atoms with E-state index < -0.39 is 0 Å². The molecule has 1 heterocycles. The average Bonchev–Trinajstić information content (AvgIpc) is 2.85. The van der Waals surface area contributed by atoms with E-state index >= 15 is 0 Å². The molecule has 0 aliphatic rings. The molecule has 0 unspecified atom stereocenters. The number of rotatable bonds is 6. The van der Waals surface area contributed by atoms with Gasteiger partial charge in [0.1, 0.15) is 5.56 Å². The van der Waals surface area contributed by atoms with Crippen molar-refractivity contribution >= 4 is 11.6 Å². The molecule has 4 rings (SSSR count). The number of pyridine rings is 1. The first kappa shape index (κ1) is 24.2. The summed E-state index contributed by atoms with van der Waals surface area (Å²) in [6.07, 6.45) is 1.57. The van der Waals surface area contributed by atoms with Crippen LogP contribution < -0.4 is 10.7 Å². The summed E-state index contributed by atoms with van der Waals surface area (Å²) in [5.74, 6) is -0.386. The highest BCUT2D eigenvalue weighted by atomic mass is 16.2. The van der Waals surface area contributed by atoms with Gasteiger partial charge in [-0.25, -0.2) is 0 Å². The molecule has 0 saturated carbocycles. The lowest BCUT2D eigenvalue weighted by Crippen LogP contribution is -2.27. The van der Waals surface area contributed by atoms with E-state index in [9.17, 15) is 9.59 Å². The molecule has 0 bridgehead atoms. The van der Waals surface area contributed by atoms with E-state index in [0.29, 0.717) is 5.69 Å². The summed E-state index contributed by atoms with van der Waals surface area (Å²) in [6.45, 7) is 10.1. The monoisotopic (exact) mass is 464 g/mol. The highest BCUT2D eigenvalue weighted by molar-refractivity contribution is 6.09. The lowest BCUT2D eigenvalue weighted by atomic mass is 9.99. The van der Waals surface area contributed by atoms with Crippen LogP contribution in [0.5, 0.6) is 0 Å². The SMILES string of the molecule is CCc1cccc(CC)c1NC(=O)c1c(-c2ccc(C)cc2)n(-c2ccccc2C)c(C)cc1=O. The van der Waals surface area contributed by atoms with Gasteiger partial charge in [0, 0.05) is 23.1 Å². The Balaban J connectivity index is 2.00. The lowest BCUT2D eigenvalue weighted by Gasteiger charge is -2.22. The van der Waals surface area contributed by atoms with Crippen LogP contribution in [-0.4, -0.2) is 10.5 Å². The zero-order valence-corrected chi connectivity index (χ0v) is 21.1. The molecule has 4 aromatic rings. The van der Waals surface area contributed by atoms with Crippen molar-refractivity contribution in [3.8, 4) is 16.9 Å². The predicted octanol–water partition coefficient (Wildman–Crippen LogP) is 6.81. The molecule has 0 atom stereocenters. The molecule has 4 heteroatoms. The number of aromatic nitrogens is 1. The number of carbonyl (C=O) groups excluding carboxylic acids is 1. The minimum absolute atomic E-state index is 0.149. The summed E-state index contributed by atoms with van der Waals surface area (Å²) in [4.78, 5) is 27.3. The fraction of sp³-hybridized carbons (Fsp3) is 0.226. The van der Waals surface area contributed by atoms with Gasteiger partial charge in [0.25, 0.3) is 5.91 Å². The van der Waals surface area contributed by atoms with Gasteiger partial charge in [-0.05, 0) is 61.9 Å². The summed E-state index contributed by atoms with van der Waals surface area (Å²) in [6, 6.07) is 23.6. The maximum absolute atomic E-state index is 13.9. The first-order valence-electron chi connectivity index (χ1n) is 12.2. The molecule has 4 nitrogen and oxygen atoms in total. The Labute approximate surface area is 207 Å². The fourth-order valence-corrected chi connectivity index (χ4v) is 4.64. The van der Waals surface area contributed by atoms with Gasteiger partial charge in [-0.1, -0.05) is 80.1 Å². The Hall–Kier alpha value is -3.92. The third-order valence-electron chi connectivity index (χ3n) is 6.55. The van der Waals surface area contributed by atoms with Crippen LogP contribution in [0.4, 0.5) is 5.69 Å². The number of aryl methyl sites for hydroxylation is 5. The minimum Gasteiger partial charge on any atom is -0.321 e. The number of para-hydroxylation sites is 2. The van der Waals surface area contributed by atoms with Gasteiger partial charge in [-0.3, -0.25) is 9.59 Å². The molecule has 0 radical (unpaired) electrons. The molecule has 0 aliphatic carbocycles. The minimum atomic E-state index is -0.386. The fourth-order valence-electron chi connectivity index (χ4n) is 4.64. The van der Waals surface area contributed by atoms with Crippen LogP contribution >= 0.6 is 0 Å². The molecule has 1 aromatic heterocycles. The molecule has 0 fully saturated rings. The summed E-state index contributed by atoms with van der Waals surface area (Å²) >= 11 is 0. The maximum Gasteiger partial charge on any atom is 0.261 e. The van der Waals surface area contributed by atoms with Crippen LogP contribution in [0.2, 0.25) is 0 Å². The van der Waals surface area contributed by atoms with Crippen LogP contribution in [-0.2, 0) is 12.8 Å². The maximum atomic E-state index is 13.9. The lowest BCUT2D eigenvalue weighted by molar-refractivity contribution is 0.102. The predicted molar refractivity (Wildman–Crippen MR) is 145 cm³/mol. The highest BCUT2D eigenvalue weighted by Gasteiger charge is 2.24. The number of nitrogens with zero attached hydrogens (tertiary/aromatic N) is 1. The van der Waals surface area contributed by atoms with Crippen LogP contribution in [0.25, 0.3) is 16.9 Å². The number of nitrogens with one attached hydrogen (secondary N) is 1. The van der Waals surface area contributed by atoms with Gasteiger partial charge in [-0.15, -0.1) is 0 Å². The van der Waals surface area contributed by atoms with E-state index in [0.717, 1.165) is 57.7 Å². The van der Waals surface area contributed by atoms with E-state index in [-0.39, 0.29) is 16.9 Å². The largest absolute Gasteiger partial charge is 0.321 e. The quantitative estimate of drug-likeness (QED) is 0.341. The number of benzene rings is 3. The zero-order chi connectivity index (χ0) is 25.1. The van der Waals surface area contributed by atoms with Gasteiger partial charge in [-0.2, -0.15) is 0 Å². The number of amides is 1. The number of anilines is 1. The van der Waals surface area contributed by atoms with Crippen molar-refractivity contribution < 1.29 is 4.79 Å². The topological polar surface area (TPSA) is 51.1 Å². The molecule has 3 aromatic carbocycles. The van der Waals surface area contributed by atoms with Crippen molar-refractivity contribution in [2.45, 2.75) is 47.5 Å². The van der Waals surface area contributed by atoms with E-state index in [1.54, 1.807) is 6.07 Å². The molecule has 178 valence electrons. The van der Waals surface area contributed by atoms with Gasteiger partial charge >= 0.3 is 0 Å². The Morgan fingerprint density at radius 2 is 1.46 bits per heavy atom. The zero-order valence-electron chi connectivity index (χ0n) is 21.1. The van der Waals surface area contributed by atoms with Crippen LogP contribution in [0, 0.1) is 20.8 Å². The highest BCUT2D eigenvalue weighted by Crippen LogP contribution is 2.30. The standard InChI is InChI=1S/C31H32N2O2/c1-6-23-12-10-13-24(7-2)29(23)32-31(35)28-27(34)19-22(5)33(26-14-9-8-11-21(26)4)30(28)25-17-15-20(3)16-18-25/h8-19H,6-7H2,1-5H3,(H,32,35). The number of carbonyl (C=O) groups is 1. The van der Waals surface area contributed by atoms with Gasteiger partial charge in [0.05, 0.1) is 5.69 Å².